The summed E-state index contributed by atoms with van der Waals surface area (Å²) in [5.74, 6) is -0.863. The molecule has 0 saturated carbocycles. The fourth-order valence-corrected chi connectivity index (χ4v) is 3.89. The minimum atomic E-state index is -0.584. The van der Waals surface area contributed by atoms with Gasteiger partial charge in [-0.15, -0.1) is 0 Å². The number of amides is 2. The molecule has 1 aliphatic heterocycles. The summed E-state index contributed by atoms with van der Waals surface area (Å²) in [6.45, 7) is 1.18. The summed E-state index contributed by atoms with van der Waals surface area (Å²) in [5, 5.41) is 2.85. The first kappa shape index (κ1) is 22.6. The van der Waals surface area contributed by atoms with Crippen LogP contribution in [-0.4, -0.2) is 64.3 Å². The van der Waals surface area contributed by atoms with E-state index in [0.29, 0.717) is 24.7 Å². The average molecular weight is 430 g/mol. The van der Waals surface area contributed by atoms with E-state index >= 15 is 0 Å². The third kappa shape index (κ3) is 4.96. The van der Waals surface area contributed by atoms with Gasteiger partial charge < -0.3 is 24.4 Å². The van der Waals surface area contributed by atoms with Crippen molar-refractivity contribution in [3.05, 3.63) is 59.4 Å². The number of carbonyl (C=O) groups excluding carboxylic acids is 2. The lowest BCUT2D eigenvalue weighted by molar-refractivity contribution is -0.125. The largest absolute Gasteiger partial charge is 0.497 e. The van der Waals surface area contributed by atoms with E-state index in [4.69, 9.17) is 14.2 Å². The molecule has 0 radical (unpaired) electrons. The first-order chi connectivity index (χ1) is 15.0. The van der Waals surface area contributed by atoms with E-state index in [2.05, 4.69) is 5.32 Å². The molecule has 0 bridgehead atoms. The summed E-state index contributed by atoms with van der Waals surface area (Å²) < 4.78 is 30.0. The van der Waals surface area contributed by atoms with Crippen LogP contribution in [0.1, 0.15) is 21.8 Å². The molecule has 166 valence electrons. The van der Waals surface area contributed by atoms with Crippen LogP contribution in [0.3, 0.4) is 0 Å². The fourth-order valence-electron chi connectivity index (χ4n) is 3.89. The van der Waals surface area contributed by atoms with Gasteiger partial charge in [0.1, 0.15) is 17.3 Å². The minimum absolute atomic E-state index is 0.0108. The summed E-state index contributed by atoms with van der Waals surface area (Å²) in [4.78, 5) is 27.5. The molecular weight excluding hydrogens is 403 g/mol. The Labute approximate surface area is 181 Å². The van der Waals surface area contributed by atoms with Crippen molar-refractivity contribution >= 4 is 11.8 Å². The maximum atomic E-state index is 14.2. The highest BCUT2D eigenvalue weighted by Crippen LogP contribution is 2.39. The van der Waals surface area contributed by atoms with Crippen LogP contribution in [-0.2, 0) is 9.53 Å². The zero-order valence-corrected chi connectivity index (χ0v) is 17.9. The maximum absolute atomic E-state index is 14.2. The second-order valence-electron chi connectivity index (χ2n) is 7.29. The van der Waals surface area contributed by atoms with Crippen LogP contribution in [0.4, 0.5) is 4.39 Å². The molecule has 31 heavy (non-hydrogen) atoms. The summed E-state index contributed by atoms with van der Waals surface area (Å²) in [5.41, 5.74) is 0.780. The van der Waals surface area contributed by atoms with Crippen molar-refractivity contribution in [3.8, 4) is 11.5 Å². The number of nitrogens with one attached hydrogen (secondary N) is 1. The second kappa shape index (κ2) is 10.3. The summed E-state index contributed by atoms with van der Waals surface area (Å²) >= 11 is 0. The number of methoxy groups -OCH3 is 3. The molecule has 0 unspecified atom stereocenters. The molecule has 3 rings (SSSR count). The van der Waals surface area contributed by atoms with Crippen molar-refractivity contribution in [2.45, 2.75) is 5.92 Å². The number of ether oxygens (including phenoxy) is 3. The lowest BCUT2D eigenvalue weighted by atomic mass is 9.87. The van der Waals surface area contributed by atoms with Crippen molar-refractivity contribution in [2.24, 2.45) is 5.92 Å². The molecule has 1 N–H and O–H groups in total. The summed E-state index contributed by atoms with van der Waals surface area (Å²) in [6.07, 6.45) is 0. The Morgan fingerprint density at radius 3 is 2.55 bits per heavy atom. The minimum Gasteiger partial charge on any atom is -0.497 e. The lowest BCUT2D eigenvalue weighted by Crippen LogP contribution is -2.37. The summed E-state index contributed by atoms with van der Waals surface area (Å²) in [6, 6.07) is 11.2. The molecule has 1 heterocycles. The lowest BCUT2D eigenvalue weighted by Gasteiger charge is -2.21. The Hall–Kier alpha value is -3.13. The number of nitrogens with zero attached hydrogens (tertiary/aromatic N) is 1. The molecule has 2 aromatic rings. The van der Waals surface area contributed by atoms with E-state index in [0.717, 1.165) is 5.56 Å². The van der Waals surface area contributed by atoms with Crippen molar-refractivity contribution in [1.29, 1.82) is 0 Å². The van der Waals surface area contributed by atoms with Crippen molar-refractivity contribution in [2.75, 3.05) is 47.6 Å². The van der Waals surface area contributed by atoms with Gasteiger partial charge in [-0.25, -0.2) is 4.39 Å². The molecule has 0 spiro atoms. The molecule has 1 saturated heterocycles. The van der Waals surface area contributed by atoms with Crippen molar-refractivity contribution < 1.29 is 28.2 Å². The van der Waals surface area contributed by atoms with Gasteiger partial charge in [0.25, 0.3) is 5.91 Å². The number of rotatable bonds is 8. The van der Waals surface area contributed by atoms with Crippen LogP contribution < -0.4 is 14.8 Å². The summed E-state index contributed by atoms with van der Waals surface area (Å²) in [7, 11) is 4.66. The number of likely N-dealkylation sites (tertiary alicyclic amines) is 1. The Kier molecular flexibility index (Phi) is 7.46. The number of hydrogen-bond acceptors (Lipinski definition) is 5. The fraction of sp³-hybridized carbons (Fsp3) is 0.391. The van der Waals surface area contributed by atoms with Gasteiger partial charge in [0.2, 0.25) is 5.91 Å². The smallest absolute Gasteiger partial charge is 0.256 e. The van der Waals surface area contributed by atoms with E-state index in [-0.39, 0.29) is 30.5 Å². The Morgan fingerprint density at radius 2 is 1.87 bits per heavy atom. The topological polar surface area (TPSA) is 77.1 Å². The standard InChI is InChI=1S/C23H27FN2O5/c1-29-11-10-25-22(27)19-14-26(23(28)17-6-4-5-7-20(17)24)13-18(19)16-9-8-15(30-2)12-21(16)31-3/h4-9,12,18-19H,10-11,13-14H2,1-3H3,(H,25,27)/t18-,19+/m1/s1. The normalized spacial score (nSPS) is 18.0. The highest BCUT2D eigenvalue weighted by atomic mass is 19.1. The van der Waals surface area contributed by atoms with E-state index in [9.17, 15) is 14.0 Å². The van der Waals surface area contributed by atoms with Gasteiger partial charge in [0, 0.05) is 44.3 Å². The monoisotopic (exact) mass is 430 g/mol. The number of benzene rings is 2. The first-order valence-corrected chi connectivity index (χ1v) is 10.0. The molecule has 7 nitrogen and oxygen atoms in total. The maximum Gasteiger partial charge on any atom is 0.256 e. The van der Waals surface area contributed by atoms with Gasteiger partial charge in [-0.05, 0) is 18.2 Å². The first-order valence-electron chi connectivity index (χ1n) is 10.0. The van der Waals surface area contributed by atoms with Gasteiger partial charge >= 0.3 is 0 Å². The Balaban J connectivity index is 1.92. The van der Waals surface area contributed by atoms with Gasteiger partial charge in [0.05, 0.1) is 32.3 Å². The van der Waals surface area contributed by atoms with Crippen LogP contribution >= 0.6 is 0 Å². The van der Waals surface area contributed by atoms with Crippen LogP contribution in [0.5, 0.6) is 11.5 Å². The van der Waals surface area contributed by atoms with E-state index < -0.39 is 17.6 Å². The quantitative estimate of drug-likeness (QED) is 0.651. The van der Waals surface area contributed by atoms with Gasteiger partial charge in [-0.1, -0.05) is 18.2 Å². The molecule has 0 aromatic heterocycles. The highest BCUT2D eigenvalue weighted by molar-refractivity contribution is 5.95. The zero-order chi connectivity index (χ0) is 22.4. The van der Waals surface area contributed by atoms with Gasteiger partial charge in [0.15, 0.2) is 0 Å². The SMILES string of the molecule is COCCNC(=O)[C@H]1CN(C(=O)c2ccccc2F)C[C@@H]1c1ccc(OC)cc1OC. The van der Waals surface area contributed by atoms with E-state index in [1.807, 2.05) is 6.07 Å². The van der Waals surface area contributed by atoms with Crippen molar-refractivity contribution in [1.82, 2.24) is 10.2 Å². The zero-order valence-electron chi connectivity index (χ0n) is 17.9. The van der Waals surface area contributed by atoms with E-state index in [1.54, 1.807) is 39.5 Å². The van der Waals surface area contributed by atoms with Gasteiger partial charge in [-0.3, -0.25) is 9.59 Å². The Morgan fingerprint density at radius 1 is 1.10 bits per heavy atom. The highest BCUT2D eigenvalue weighted by Gasteiger charge is 2.42. The number of carbonyl (C=O) groups is 2. The van der Waals surface area contributed by atoms with Crippen LogP contribution in [0.2, 0.25) is 0 Å². The Bertz CT molecular complexity index is 936. The predicted octanol–water partition coefficient (Wildman–Crippen LogP) is 2.46. The number of halogens is 1. The molecule has 1 fully saturated rings. The molecule has 8 heteroatoms. The second-order valence-corrected chi connectivity index (χ2v) is 7.29. The molecule has 2 aromatic carbocycles. The average Bonchev–Trinajstić information content (AvgIpc) is 3.24. The van der Waals surface area contributed by atoms with Gasteiger partial charge in [-0.2, -0.15) is 0 Å². The van der Waals surface area contributed by atoms with Crippen molar-refractivity contribution in [3.63, 3.8) is 0 Å². The molecule has 0 aliphatic carbocycles. The van der Waals surface area contributed by atoms with E-state index in [1.165, 1.54) is 23.1 Å². The molecule has 1 aliphatic rings. The third-order valence-corrected chi connectivity index (χ3v) is 5.49. The predicted molar refractivity (Wildman–Crippen MR) is 113 cm³/mol. The molecule has 2 atom stereocenters. The third-order valence-electron chi connectivity index (χ3n) is 5.49. The van der Waals surface area contributed by atoms with Crippen LogP contribution in [0.15, 0.2) is 42.5 Å². The molecule has 2 amide bonds. The van der Waals surface area contributed by atoms with Crippen LogP contribution in [0.25, 0.3) is 0 Å². The molecular formula is C23H27FN2O5. The van der Waals surface area contributed by atoms with Crippen LogP contribution in [0, 0.1) is 11.7 Å². The number of hydrogen-bond donors (Lipinski definition) is 1.